The lowest BCUT2D eigenvalue weighted by Gasteiger charge is -2.10. The van der Waals surface area contributed by atoms with Crippen LogP contribution in [0.1, 0.15) is 5.56 Å². The Morgan fingerprint density at radius 2 is 2.00 bits per heavy atom. The molecule has 1 aliphatic rings. The van der Waals surface area contributed by atoms with Crippen LogP contribution in [0.4, 0.5) is 23.7 Å². The number of carbonyl (C=O) groups is 1. The van der Waals surface area contributed by atoms with E-state index in [0.29, 0.717) is 17.2 Å². The molecular weight excluding hydrogens is 355 g/mol. The molecule has 2 aromatic rings. The van der Waals surface area contributed by atoms with Crippen molar-refractivity contribution in [3.05, 3.63) is 42.1 Å². The van der Waals surface area contributed by atoms with Crippen LogP contribution in [-0.4, -0.2) is 30.6 Å². The molecule has 138 valence electrons. The van der Waals surface area contributed by atoms with Crippen molar-refractivity contribution in [2.45, 2.75) is 12.7 Å². The number of anilines is 1. The van der Waals surface area contributed by atoms with Crippen LogP contribution in [0.3, 0.4) is 0 Å². The first-order chi connectivity index (χ1) is 12.4. The summed E-state index contributed by atoms with van der Waals surface area (Å²) in [4.78, 5) is 15.6. The van der Waals surface area contributed by atoms with E-state index >= 15 is 0 Å². The fourth-order valence-corrected chi connectivity index (χ4v) is 2.10. The lowest BCUT2D eigenvalue weighted by Crippen LogP contribution is -2.28. The molecule has 0 saturated heterocycles. The van der Waals surface area contributed by atoms with E-state index in [1.165, 1.54) is 18.3 Å². The second-order valence-electron chi connectivity index (χ2n) is 5.28. The number of rotatable bonds is 5. The number of urea groups is 1. The summed E-state index contributed by atoms with van der Waals surface area (Å²) in [6, 6.07) is 7.44. The van der Waals surface area contributed by atoms with E-state index in [-0.39, 0.29) is 19.2 Å². The number of aromatic nitrogens is 1. The van der Waals surface area contributed by atoms with Crippen LogP contribution in [0.5, 0.6) is 17.4 Å². The molecular formula is C16H14F3N3O4. The number of hydrogen-bond acceptors (Lipinski definition) is 5. The zero-order chi connectivity index (χ0) is 18.6. The number of fused-ring (bicyclic) bond motifs is 1. The second kappa shape index (κ2) is 7.38. The summed E-state index contributed by atoms with van der Waals surface area (Å²) in [5.41, 5.74) is 1.13. The van der Waals surface area contributed by atoms with Crippen molar-refractivity contribution in [2.75, 3.05) is 18.7 Å². The molecule has 0 saturated carbocycles. The molecule has 0 radical (unpaired) electrons. The number of halogens is 3. The van der Waals surface area contributed by atoms with Crippen LogP contribution in [0.25, 0.3) is 0 Å². The molecule has 10 heteroatoms. The Morgan fingerprint density at radius 1 is 1.19 bits per heavy atom. The number of benzene rings is 1. The molecule has 3 rings (SSSR count). The zero-order valence-corrected chi connectivity index (χ0v) is 13.3. The molecule has 1 aromatic carbocycles. The number of amides is 2. The molecule has 2 heterocycles. The summed E-state index contributed by atoms with van der Waals surface area (Å²) in [5, 5.41) is 5.16. The van der Waals surface area contributed by atoms with E-state index in [1.807, 2.05) is 0 Å². The first-order valence-corrected chi connectivity index (χ1v) is 7.48. The van der Waals surface area contributed by atoms with Gasteiger partial charge in [0.05, 0.1) is 11.9 Å². The van der Waals surface area contributed by atoms with E-state index < -0.39 is 18.8 Å². The normalized spacial score (nSPS) is 12.6. The zero-order valence-electron chi connectivity index (χ0n) is 13.3. The first kappa shape index (κ1) is 17.6. The van der Waals surface area contributed by atoms with Crippen LogP contribution in [0, 0.1) is 0 Å². The summed E-state index contributed by atoms with van der Waals surface area (Å²) in [6.07, 6.45) is -3.24. The number of hydrogen-bond donors (Lipinski definition) is 2. The van der Waals surface area contributed by atoms with Crippen molar-refractivity contribution in [1.29, 1.82) is 0 Å². The Labute approximate surface area is 146 Å². The maximum Gasteiger partial charge on any atom is 0.422 e. The van der Waals surface area contributed by atoms with Gasteiger partial charge in [0.1, 0.15) is 0 Å². The number of nitrogens with zero attached hydrogens (tertiary/aromatic N) is 1. The van der Waals surface area contributed by atoms with Crippen LogP contribution in [-0.2, 0) is 6.54 Å². The minimum atomic E-state index is -4.44. The molecule has 2 N–H and O–H groups in total. The van der Waals surface area contributed by atoms with Crippen molar-refractivity contribution < 1.29 is 32.2 Å². The van der Waals surface area contributed by atoms with Gasteiger partial charge in [0.2, 0.25) is 12.7 Å². The average Bonchev–Trinajstić information content (AvgIpc) is 3.06. The van der Waals surface area contributed by atoms with Gasteiger partial charge in [-0.05, 0) is 23.8 Å². The minimum absolute atomic E-state index is 0.169. The third-order valence-corrected chi connectivity index (χ3v) is 3.27. The van der Waals surface area contributed by atoms with Crippen LogP contribution < -0.4 is 24.8 Å². The summed E-state index contributed by atoms with van der Waals surface area (Å²) < 4.78 is 51.1. The minimum Gasteiger partial charge on any atom is -0.468 e. The molecule has 0 unspecified atom stereocenters. The molecule has 0 spiro atoms. The predicted octanol–water partition coefficient (Wildman–Crippen LogP) is 3.07. The van der Waals surface area contributed by atoms with Gasteiger partial charge in [-0.2, -0.15) is 13.2 Å². The Bertz CT molecular complexity index is 781. The van der Waals surface area contributed by atoms with E-state index in [9.17, 15) is 18.0 Å². The number of carbonyl (C=O) groups excluding carboxylic acids is 1. The van der Waals surface area contributed by atoms with Gasteiger partial charge in [-0.15, -0.1) is 0 Å². The molecule has 0 fully saturated rings. The van der Waals surface area contributed by atoms with Gasteiger partial charge in [-0.25, -0.2) is 9.78 Å². The van der Waals surface area contributed by atoms with Crippen LogP contribution >= 0.6 is 0 Å². The Morgan fingerprint density at radius 3 is 2.73 bits per heavy atom. The molecule has 0 atom stereocenters. The molecule has 26 heavy (non-hydrogen) atoms. The third-order valence-electron chi connectivity index (χ3n) is 3.27. The van der Waals surface area contributed by atoms with Crippen molar-refractivity contribution in [3.63, 3.8) is 0 Å². The Hall–Kier alpha value is -3.17. The van der Waals surface area contributed by atoms with Crippen molar-refractivity contribution >= 4 is 11.7 Å². The number of pyridine rings is 1. The monoisotopic (exact) mass is 369 g/mol. The summed E-state index contributed by atoms with van der Waals surface area (Å²) >= 11 is 0. The molecule has 0 bridgehead atoms. The van der Waals surface area contributed by atoms with Crippen LogP contribution in [0.15, 0.2) is 36.5 Å². The maximum atomic E-state index is 12.1. The van der Waals surface area contributed by atoms with Gasteiger partial charge in [-0.1, -0.05) is 6.07 Å². The topological polar surface area (TPSA) is 81.7 Å². The SMILES string of the molecule is O=C(NCc1ccc2c(c1)OCO2)Nc1ccc(OCC(F)(F)F)nc1. The fraction of sp³-hybridized carbons (Fsp3) is 0.250. The lowest BCUT2D eigenvalue weighted by atomic mass is 10.2. The predicted molar refractivity (Wildman–Crippen MR) is 84.2 cm³/mol. The van der Waals surface area contributed by atoms with Gasteiger partial charge in [0.15, 0.2) is 18.1 Å². The van der Waals surface area contributed by atoms with E-state index in [1.54, 1.807) is 18.2 Å². The van der Waals surface area contributed by atoms with Crippen molar-refractivity contribution in [2.24, 2.45) is 0 Å². The number of nitrogens with one attached hydrogen (secondary N) is 2. The molecule has 7 nitrogen and oxygen atoms in total. The Kier molecular flexibility index (Phi) is 5.01. The lowest BCUT2D eigenvalue weighted by molar-refractivity contribution is -0.154. The summed E-state index contributed by atoms with van der Waals surface area (Å²) in [7, 11) is 0. The van der Waals surface area contributed by atoms with Gasteiger partial charge in [0, 0.05) is 12.6 Å². The van der Waals surface area contributed by atoms with Gasteiger partial charge < -0.3 is 24.8 Å². The van der Waals surface area contributed by atoms with Crippen molar-refractivity contribution in [1.82, 2.24) is 10.3 Å². The van der Waals surface area contributed by atoms with Gasteiger partial charge in [-0.3, -0.25) is 0 Å². The van der Waals surface area contributed by atoms with E-state index in [2.05, 4.69) is 20.4 Å². The smallest absolute Gasteiger partial charge is 0.422 e. The largest absolute Gasteiger partial charge is 0.468 e. The van der Waals surface area contributed by atoms with E-state index in [4.69, 9.17) is 9.47 Å². The fourth-order valence-electron chi connectivity index (χ4n) is 2.10. The molecule has 0 aliphatic carbocycles. The summed E-state index contributed by atoms with van der Waals surface area (Å²) in [5.74, 6) is 1.08. The Balaban J connectivity index is 1.47. The molecule has 2 amide bonds. The maximum absolute atomic E-state index is 12.1. The van der Waals surface area contributed by atoms with Crippen LogP contribution in [0.2, 0.25) is 0 Å². The first-order valence-electron chi connectivity index (χ1n) is 7.48. The highest BCUT2D eigenvalue weighted by molar-refractivity contribution is 5.89. The third kappa shape index (κ3) is 4.91. The summed E-state index contributed by atoms with van der Waals surface area (Å²) in [6.45, 7) is -1.01. The highest BCUT2D eigenvalue weighted by Crippen LogP contribution is 2.32. The van der Waals surface area contributed by atoms with Gasteiger partial charge in [0.25, 0.3) is 0 Å². The van der Waals surface area contributed by atoms with Crippen molar-refractivity contribution in [3.8, 4) is 17.4 Å². The average molecular weight is 369 g/mol. The number of alkyl halides is 3. The quantitative estimate of drug-likeness (QED) is 0.847. The molecule has 1 aliphatic heterocycles. The number of ether oxygens (including phenoxy) is 3. The molecule has 1 aromatic heterocycles. The highest BCUT2D eigenvalue weighted by atomic mass is 19.4. The highest BCUT2D eigenvalue weighted by Gasteiger charge is 2.28. The standard InChI is InChI=1S/C16H14F3N3O4/c17-16(18,19)8-24-14-4-2-11(7-20-14)22-15(23)21-6-10-1-3-12-13(5-10)26-9-25-12/h1-5,7H,6,8-9H2,(H2,21,22,23). The van der Waals surface area contributed by atoms with E-state index in [0.717, 1.165) is 5.56 Å². The van der Waals surface area contributed by atoms with Gasteiger partial charge >= 0.3 is 12.2 Å². The second-order valence-corrected chi connectivity index (χ2v) is 5.28.